The van der Waals surface area contributed by atoms with Crippen molar-refractivity contribution in [2.24, 2.45) is 11.8 Å². The Morgan fingerprint density at radius 2 is 1.50 bits per heavy atom. The molecule has 0 radical (unpaired) electrons. The second-order valence-electron chi connectivity index (χ2n) is 6.90. The SMILES string of the molecule is CC1=CC(C)=C(C)C(C)C1.CC1=CC(C)CC(C)=C1C. The van der Waals surface area contributed by atoms with E-state index in [1.807, 2.05) is 0 Å². The van der Waals surface area contributed by atoms with E-state index in [1.165, 1.54) is 35.1 Å². The molecular formula is C20H32. The summed E-state index contributed by atoms with van der Waals surface area (Å²) in [7, 11) is 0. The largest absolute Gasteiger partial charge is 0.0782 e. The van der Waals surface area contributed by atoms with Gasteiger partial charge in [0.1, 0.15) is 0 Å². The molecule has 2 aliphatic carbocycles. The fraction of sp³-hybridized carbons (Fsp3) is 0.600. The third-order valence-corrected chi connectivity index (χ3v) is 4.85. The number of hydrogen-bond acceptors (Lipinski definition) is 0. The zero-order valence-electron chi connectivity index (χ0n) is 14.7. The van der Waals surface area contributed by atoms with Gasteiger partial charge in [-0.2, -0.15) is 0 Å². The lowest BCUT2D eigenvalue weighted by Gasteiger charge is -2.19. The van der Waals surface area contributed by atoms with Gasteiger partial charge in [0.25, 0.3) is 0 Å². The molecule has 0 fully saturated rings. The molecule has 0 bridgehead atoms. The van der Waals surface area contributed by atoms with Crippen LogP contribution in [-0.2, 0) is 0 Å². The second kappa shape index (κ2) is 7.11. The molecule has 2 aliphatic rings. The molecule has 112 valence electrons. The van der Waals surface area contributed by atoms with Gasteiger partial charge in [0.2, 0.25) is 0 Å². The molecule has 2 rings (SSSR count). The number of allylic oxidation sites excluding steroid dienone is 8. The summed E-state index contributed by atoms with van der Waals surface area (Å²) in [5.41, 5.74) is 9.08. The van der Waals surface area contributed by atoms with Gasteiger partial charge in [-0.05, 0) is 71.8 Å². The predicted octanol–water partition coefficient (Wildman–Crippen LogP) is 6.62. The molecular weight excluding hydrogens is 240 g/mol. The van der Waals surface area contributed by atoms with Crippen LogP contribution in [0.4, 0.5) is 0 Å². The summed E-state index contributed by atoms with van der Waals surface area (Å²) in [6.45, 7) is 17.9. The quantitative estimate of drug-likeness (QED) is 0.465. The highest BCUT2D eigenvalue weighted by Gasteiger charge is 2.11. The normalized spacial score (nSPS) is 26.8. The zero-order valence-corrected chi connectivity index (χ0v) is 14.7. The van der Waals surface area contributed by atoms with E-state index in [1.54, 1.807) is 11.1 Å². The zero-order chi connectivity index (χ0) is 15.4. The van der Waals surface area contributed by atoms with Gasteiger partial charge in [0.05, 0.1) is 0 Å². The Kier molecular flexibility index (Phi) is 6.05. The molecule has 20 heavy (non-hydrogen) atoms. The summed E-state index contributed by atoms with van der Waals surface area (Å²) >= 11 is 0. The molecule has 0 heteroatoms. The molecule has 0 saturated heterocycles. The van der Waals surface area contributed by atoms with Gasteiger partial charge in [-0.3, -0.25) is 0 Å². The second-order valence-corrected chi connectivity index (χ2v) is 6.90. The van der Waals surface area contributed by atoms with Crippen LogP contribution in [0.25, 0.3) is 0 Å². The van der Waals surface area contributed by atoms with E-state index in [-0.39, 0.29) is 0 Å². The van der Waals surface area contributed by atoms with Gasteiger partial charge in [-0.1, -0.05) is 53.9 Å². The summed E-state index contributed by atoms with van der Waals surface area (Å²) in [5.74, 6) is 1.52. The van der Waals surface area contributed by atoms with Crippen molar-refractivity contribution in [1.82, 2.24) is 0 Å². The van der Waals surface area contributed by atoms with E-state index in [0.717, 1.165) is 11.8 Å². The van der Waals surface area contributed by atoms with Gasteiger partial charge in [-0.15, -0.1) is 0 Å². The van der Waals surface area contributed by atoms with Gasteiger partial charge < -0.3 is 0 Å². The minimum atomic E-state index is 0.753. The maximum Gasteiger partial charge on any atom is -0.0191 e. The Bertz CT molecular complexity index is 480. The summed E-state index contributed by atoms with van der Waals surface area (Å²) in [6, 6.07) is 0. The molecule has 0 aromatic heterocycles. The van der Waals surface area contributed by atoms with Crippen LogP contribution >= 0.6 is 0 Å². The minimum absolute atomic E-state index is 0.753. The van der Waals surface area contributed by atoms with E-state index in [2.05, 4.69) is 67.5 Å². The van der Waals surface area contributed by atoms with Crippen LogP contribution in [0.15, 0.2) is 45.6 Å². The first kappa shape index (κ1) is 17.0. The van der Waals surface area contributed by atoms with E-state index in [4.69, 9.17) is 0 Å². The van der Waals surface area contributed by atoms with Crippen molar-refractivity contribution in [2.75, 3.05) is 0 Å². The summed E-state index contributed by atoms with van der Waals surface area (Å²) in [4.78, 5) is 0. The van der Waals surface area contributed by atoms with Crippen LogP contribution in [-0.4, -0.2) is 0 Å². The molecule has 0 aromatic carbocycles. The van der Waals surface area contributed by atoms with Crippen LogP contribution in [0.3, 0.4) is 0 Å². The minimum Gasteiger partial charge on any atom is -0.0782 e. The molecule has 0 spiro atoms. The van der Waals surface area contributed by atoms with Crippen LogP contribution < -0.4 is 0 Å². The Morgan fingerprint density at radius 3 is 2.00 bits per heavy atom. The lowest BCUT2D eigenvalue weighted by Crippen LogP contribution is -2.03. The summed E-state index contributed by atoms with van der Waals surface area (Å²) in [6.07, 6.45) is 7.17. The van der Waals surface area contributed by atoms with Crippen molar-refractivity contribution in [3.05, 3.63) is 45.6 Å². The third-order valence-electron chi connectivity index (χ3n) is 4.85. The molecule has 0 amide bonds. The molecule has 2 atom stereocenters. The molecule has 0 saturated carbocycles. The highest BCUT2D eigenvalue weighted by Crippen LogP contribution is 2.28. The van der Waals surface area contributed by atoms with E-state index >= 15 is 0 Å². The number of hydrogen-bond donors (Lipinski definition) is 0. The average molecular weight is 272 g/mol. The Hall–Kier alpha value is -1.04. The molecule has 0 nitrogen and oxygen atoms in total. The Labute approximate surface area is 126 Å². The first-order valence-electron chi connectivity index (χ1n) is 7.92. The van der Waals surface area contributed by atoms with Crippen molar-refractivity contribution in [3.63, 3.8) is 0 Å². The van der Waals surface area contributed by atoms with Crippen molar-refractivity contribution in [3.8, 4) is 0 Å². The Balaban J connectivity index is 0.000000200. The van der Waals surface area contributed by atoms with Crippen LogP contribution in [0.2, 0.25) is 0 Å². The van der Waals surface area contributed by atoms with Crippen molar-refractivity contribution >= 4 is 0 Å². The van der Waals surface area contributed by atoms with Gasteiger partial charge >= 0.3 is 0 Å². The highest BCUT2D eigenvalue weighted by atomic mass is 14.2. The average Bonchev–Trinajstić information content (AvgIpc) is 2.33. The molecule has 0 aromatic rings. The number of rotatable bonds is 0. The first-order valence-corrected chi connectivity index (χ1v) is 7.92. The third kappa shape index (κ3) is 4.51. The maximum atomic E-state index is 2.36. The van der Waals surface area contributed by atoms with Gasteiger partial charge in [-0.25, -0.2) is 0 Å². The smallest absolute Gasteiger partial charge is 0.0191 e. The molecule has 2 unspecified atom stereocenters. The van der Waals surface area contributed by atoms with Crippen LogP contribution in [0, 0.1) is 11.8 Å². The Morgan fingerprint density at radius 1 is 0.900 bits per heavy atom. The van der Waals surface area contributed by atoms with E-state index in [9.17, 15) is 0 Å². The molecule has 0 heterocycles. The topological polar surface area (TPSA) is 0 Å². The van der Waals surface area contributed by atoms with Gasteiger partial charge in [0.15, 0.2) is 0 Å². The molecule has 0 aliphatic heterocycles. The summed E-state index contributed by atoms with van der Waals surface area (Å²) < 4.78 is 0. The highest BCUT2D eigenvalue weighted by molar-refractivity contribution is 5.35. The predicted molar refractivity (Wildman–Crippen MR) is 91.8 cm³/mol. The fourth-order valence-corrected chi connectivity index (χ4v) is 3.15. The maximum absolute atomic E-state index is 2.36. The van der Waals surface area contributed by atoms with Crippen LogP contribution in [0.5, 0.6) is 0 Å². The van der Waals surface area contributed by atoms with Gasteiger partial charge in [0, 0.05) is 0 Å². The molecule has 0 N–H and O–H groups in total. The van der Waals surface area contributed by atoms with Crippen LogP contribution in [0.1, 0.15) is 68.2 Å². The van der Waals surface area contributed by atoms with Crippen molar-refractivity contribution in [1.29, 1.82) is 0 Å². The van der Waals surface area contributed by atoms with E-state index in [0.29, 0.717) is 0 Å². The lowest BCUT2D eigenvalue weighted by molar-refractivity contribution is 0.653. The van der Waals surface area contributed by atoms with E-state index < -0.39 is 0 Å². The van der Waals surface area contributed by atoms with Crippen molar-refractivity contribution in [2.45, 2.75) is 68.2 Å². The fourth-order valence-electron chi connectivity index (χ4n) is 3.15. The monoisotopic (exact) mass is 272 g/mol. The standard InChI is InChI=1S/2C10H16/c2*1-7-5-8(2)10(4)9(3)6-7/h5,9H,6H2,1-4H3;5,7H,6H2,1-4H3. The van der Waals surface area contributed by atoms with Crippen molar-refractivity contribution < 1.29 is 0 Å². The lowest BCUT2D eigenvalue weighted by atomic mass is 9.86. The first-order chi connectivity index (χ1) is 9.22. The summed E-state index contributed by atoms with van der Waals surface area (Å²) in [5, 5.41) is 0.